The zero-order chi connectivity index (χ0) is 12.3. The van der Waals surface area contributed by atoms with E-state index in [9.17, 15) is 5.11 Å². The number of rotatable bonds is 3. The van der Waals surface area contributed by atoms with Gasteiger partial charge < -0.3 is 10.0 Å². The number of nitrogens with zero attached hydrogens (tertiary/aromatic N) is 1. The Morgan fingerprint density at radius 1 is 1.29 bits per heavy atom. The lowest BCUT2D eigenvalue weighted by atomic mass is 9.75. The Balaban J connectivity index is 1.90. The fraction of sp³-hybridized carbons (Fsp3) is 1.00. The molecule has 0 spiro atoms. The van der Waals surface area contributed by atoms with Crippen molar-refractivity contribution >= 4 is 15.9 Å². The maximum Gasteiger partial charge on any atom is 0.0590 e. The molecule has 2 unspecified atom stereocenters. The minimum Gasteiger partial charge on any atom is -0.393 e. The van der Waals surface area contributed by atoms with Gasteiger partial charge in [0, 0.05) is 25.0 Å². The van der Waals surface area contributed by atoms with Gasteiger partial charge in [0.05, 0.1) is 6.10 Å². The van der Waals surface area contributed by atoms with E-state index in [0.717, 1.165) is 24.8 Å². The van der Waals surface area contributed by atoms with Gasteiger partial charge in [-0.3, -0.25) is 0 Å². The van der Waals surface area contributed by atoms with Gasteiger partial charge in [-0.25, -0.2) is 0 Å². The van der Waals surface area contributed by atoms with Crippen LogP contribution in [0.5, 0.6) is 0 Å². The number of alkyl halides is 1. The molecular weight excluding hydrogens is 278 g/mol. The molecule has 2 aliphatic rings. The minimum absolute atomic E-state index is 0.0717. The van der Waals surface area contributed by atoms with Gasteiger partial charge in [0.2, 0.25) is 0 Å². The Morgan fingerprint density at radius 2 is 2.00 bits per heavy atom. The largest absolute Gasteiger partial charge is 0.393 e. The zero-order valence-electron chi connectivity index (χ0n) is 11.0. The Labute approximate surface area is 114 Å². The predicted octanol–water partition coefficient (Wildman–Crippen LogP) is 3.03. The van der Waals surface area contributed by atoms with E-state index in [4.69, 9.17) is 0 Å². The third-order valence-electron chi connectivity index (χ3n) is 4.70. The monoisotopic (exact) mass is 303 g/mol. The molecule has 2 rings (SSSR count). The third-order valence-corrected chi connectivity index (χ3v) is 5.89. The molecule has 100 valence electrons. The summed E-state index contributed by atoms with van der Waals surface area (Å²) in [5, 5.41) is 10.9. The van der Waals surface area contributed by atoms with Crippen molar-refractivity contribution in [1.29, 1.82) is 0 Å². The summed E-state index contributed by atoms with van der Waals surface area (Å²) >= 11 is 3.75. The van der Waals surface area contributed by atoms with E-state index in [2.05, 4.69) is 27.8 Å². The quantitative estimate of drug-likeness (QED) is 0.810. The van der Waals surface area contributed by atoms with Crippen LogP contribution in [0.2, 0.25) is 0 Å². The number of likely N-dealkylation sites (tertiary alicyclic amines) is 1. The van der Waals surface area contributed by atoms with E-state index in [-0.39, 0.29) is 6.10 Å². The van der Waals surface area contributed by atoms with Crippen molar-refractivity contribution in [3.8, 4) is 0 Å². The van der Waals surface area contributed by atoms with Gasteiger partial charge in [-0.05, 0) is 30.6 Å². The second kappa shape index (κ2) is 6.03. The van der Waals surface area contributed by atoms with Crippen molar-refractivity contribution in [3.63, 3.8) is 0 Å². The lowest BCUT2D eigenvalue weighted by molar-refractivity contribution is 0.0136. The molecule has 1 saturated carbocycles. The summed E-state index contributed by atoms with van der Waals surface area (Å²) in [7, 11) is 0. The molecule has 2 fully saturated rings. The first-order chi connectivity index (χ1) is 8.15. The standard InChI is InChI=1S/C14H26BrNO/c1-12-9-16(8-5-13(12)17)11-14(10-15)6-3-2-4-7-14/h12-13,17H,2-11H2,1H3. The lowest BCUT2D eigenvalue weighted by Crippen LogP contribution is -2.47. The Morgan fingerprint density at radius 3 is 2.59 bits per heavy atom. The summed E-state index contributed by atoms with van der Waals surface area (Å²) < 4.78 is 0. The smallest absolute Gasteiger partial charge is 0.0590 e. The molecule has 1 aliphatic carbocycles. The normalized spacial score (nSPS) is 34.8. The Bertz CT molecular complexity index is 240. The highest BCUT2D eigenvalue weighted by Gasteiger charge is 2.35. The van der Waals surface area contributed by atoms with Crippen LogP contribution in [0, 0.1) is 11.3 Å². The molecule has 1 heterocycles. The SMILES string of the molecule is CC1CN(CC2(CBr)CCCCC2)CCC1O. The summed E-state index contributed by atoms with van der Waals surface area (Å²) in [4.78, 5) is 2.59. The first-order valence-corrected chi connectivity index (χ1v) is 8.24. The maximum atomic E-state index is 9.79. The van der Waals surface area contributed by atoms with Crippen molar-refractivity contribution in [2.75, 3.05) is 25.0 Å². The molecule has 0 aromatic rings. The Kier molecular flexibility index (Phi) is 4.90. The van der Waals surface area contributed by atoms with Crippen molar-refractivity contribution in [3.05, 3.63) is 0 Å². The van der Waals surface area contributed by atoms with Crippen molar-refractivity contribution < 1.29 is 5.11 Å². The number of halogens is 1. The van der Waals surface area contributed by atoms with Crippen LogP contribution in [0.4, 0.5) is 0 Å². The van der Waals surface area contributed by atoms with Crippen LogP contribution >= 0.6 is 15.9 Å². The molecule has 2 nitrogen and oxygen atoms in total. The fourth-order valence-corrected chi connectivity index (χ4v) is 4.21. The molecular formula is C14H26BrNO. The van der Waals surface area contributed by atoms with Crippen LogP contribution < -0.4 is 0 Å². The second-order valence-corrected chi connectivity index (χ2v) is 6.82. The third kappa shape index (κ3) is 3.45. The molecule has 0 bridgehead atoms. The molecule has 0 radical (unpaired) electrons. The molecule has 17 heavy (non-hydrogen) atoms. The molecule has 2 atom stereocenters. The highest BCUT2D eigenvalue weighted by Crippen LogP contribution is 2.39. The molecule has 1 aliphatic heterocycles. The van der Waals surface area contributed by atoms with Gasteiger partial charge in [0.25, 0.3) is 0 Å². The van der Waals surface area contributed by atoms with E-state index in [1.165, 1.54) is 38.6 Å². The number of hydrogen-bond acceptors (Lipinski definition) is 2. The predicted molar refractivity (Wildman–Crippen MR) is 75.5 cm³/mol. The summed E-state index contributed by atoms with van der Waals surface area (Å²) in [6.07, 6.45) is 7.87. The summed E-state index contributed by atoms with van der Waals surface area (Å²) in [6.45, 7) is 5.57. The van der Waals surface area contributed by atoms with E-state index in [1.54, 1.807) is 0 Å². The van der Waals surface area contributed by atoms with E-state index in [1.807, 2.05) is 0 Å². The minimum atomic E-state index is -0.0717. The summed E-state index contributed by atoms with van der Waals surface area (Å²) in [5.74, 6) is 0.444. The van der Waals surface area contributed by atoms with Crippen molar-refractivity contribution in [2.45, 2.75) is 51.6 Å². The van der Waals surface area contributed by atoms with E-state index < -0.39 is 0 Å². The van der Waals surface area contributed by atoms with Gasteiger partial charge in [0.15, 0.2) is 0 Å². The van der Waals surface area contributed by atoms with Crippen LogP contribution in [-0.4, -0.2) is 41.1 Å². The van der Waals surface area contributed by atoms with E-state index >= 15 is 0 Å². The van der Waals surface area contributed by atoms with Gasteiger partial charge in [-0.15, -0.1) is 0 Å². The van der Waals surface area contributed by atoms with Crippen LogP contribution in [0.3, 0.4) is 0 Å². The number of hydrogen-bond donors (Lipinski definition) is 1. The molecule has 0 amide bonds. The average Bonchev–Trinajstić information content (AvgIpc) is 2.35. The molecule has 0 aromatic heterocycles. The van der Waals surface area contributed by atoms with Crippen LogP contribution in [0.25, 0.3) is 0 Å². The van der Waals surface area contributed by atoms with Crippen LogP contribution in [-0.2, 0) is 0 Å². The molecule has 3 heteroatoms. The van der Waals surface area contributed by atoms with Gasteiger partial charge in [-0.2, -0.15) is 0 Å². The average molecular weight is 304 g/mol. The first-order valence-electron chi connectivity index (χ1n) is 7.12. The first kappa shape index (κ1) is 13.8. The van der Waals surface area contributed by atoms with Gasteiger partial charge in [0.1, 0.15) is 0 Å². The fourth-order valence-electron chi connectivity index (χ4n) is 3.47. The van der Waals surface area contributed by atoms with Gasteiger partial charge in [-0.1, -0.05) is 42.1 Å². The number of aliphatic hydroxyl groups is 1. The lowest BCUT2D eigenvalue weighted by Gasteiger charge is -2.43. The van der Waals surface area contributed by atoms with Gasteiger partial charge >= 0.3 is 0 Å². The summed E-state index contributed by atoms with van der Waals surface area (Å²) in [6, 6.07) is 0. The van der Waals surface area contributed by atoms with Crippen LogP contribution in [0.1, 0.15) is 45.4 Å². The van der Waals surface area contributed by atoms with Crippen molar-refractivity contribution in [2.24, 2.45) is 11.3 Å². The topological polar surface area (TPSA) is 23.5 Å². The highest BCUT2D eigenvalue weighted by atomic mass is 79.9. The molecule has 1 saturated heterocycles. The Hall–Kier alpha value is 0.400. The number of piperidine rings is 1. The highest BCUT2D eigenvalue weighted by molar-refractivity contribution is 9.09. The maximum absolute atomic E-state index is 9.79. The number of aliphatic hydroxyl groups excluding tert-OH is 1. The second-order valence-electron chi connectivity index (χ2n) is 6.26. The molecule has 0 aromatic carbocycles. The zero-order valence-corrected chi connectivity index (χ0v) is 12.6. The van der Waals surface area contributed by atoms with Crippen molar-refractivity contribution in [1.82, 2.24) is 4.90 Å². The molecule has 1 N–H and O–H groups in total. The summed E-state index contributed by atoms with van der Waals surface area (Å²) in [5.41, 5.74) is 0.514. The van der Waals surface area contributed by atoms with E-state index in [0.29, 0.717) is 11.3 Å². The van der Waals surface area contributed by atoms with Crippen LogP contribution in [0.15, 0.2) is 0 Å².